The van der Waals surface area contributed by atoms with E-state index >= 15 is 0 Å². The van der Waals surface area contributed by atoms with Gasteiger partial charge in [0.1, 0.15) is 11.4 Å². The zero-order valence-electron chi connectivity index (χ0n) is 17.0. The van der Waals surface area contributed by atoms with Crippen LogP contribution in [0.4, 0.5) is 19.3 Å². The number of aromatic nitrogens is 2. The Morgan fingerprint density at radius 2 is 2.19 bits per heavy atom. The van der Waals surface area contributed by atoms with Gasteiger partial charge in [-0.2, -0.15) is 5.10 Å². The molecule has 8 nitrogen and oxygen atoms in total. The van der Waals surface area contributed by atoms with Crippen molar-refractivity contribution >= 4 is 21.6 Å². The first kappa shape index (κ1) is 20.4. The second kappa shape index (κ2) is 6.99. The number of carbonyl (C=O) groups is 1. The Kier molecular flexibility index (Phi) is 4.60. The molecule has 0 saturated heterocycles. The molecule has 2 aromatic rings. The van der Waals surface area contributed by atoms with Gasteiger partial charge in [0.05, 0.1) is 6.20 Å². The molecular formula is C20H23F2N5O3S. The van der Waals surface area contributed by atoms with Crippen molar-refractivity contribution in [2.45, 2.75) is 62.3 Å². The molecule has 2 amide bonds. The standard InChI is InChI=1S/C20H23F2N5O3S/c1-11-5-6-13-7-12-3-2-4-14(12)17(16(11)13)25-19(28)26-31(23,29)15-8-24-27-9-20(21,22)10-30-18(15)27/h7-8,11H,2-6,9-10H2,1H3,(H3,23,25,26,28,29)/t11-,31?/m0/s1. The largest absolute Gasteiger partial charge is 0.470 e. The number of nitrogens with zero attached hydrogens (tertiary/aromatic N) is 3. The molecule has 2 aliphatic carbocycles. The summed E-state index contributed by atoms with van der Waals surface area (Å²) in [6, 6.07) is 1.40. The number of nitrogens with one attached hydrogen (secondary N) is 1. The predicted octanol–water partition coefficient (Wildman–Crippen LogP) is 3.38. The summed E-state index contributed by atoms with van der Waals surface area (Å²) < 4.78 is 49.7. The van der Waals surface area contributed by atoms with E-state index in [1.165, 1.54) is 11.1 Å². The number of benzene rings is 1. The number of hydrogen-bond acceptors (Lipinski definition) is 4. The molecule has 2 heterocycles. The van der Waals surface area contributed by atoms with Gasteiger partial charge in [0.2, 0.25) is 5.88 Å². The summed E-state index contributed by atoms with van der Waals surface area (Å²) in [4.78, 5) is 12.6. The van der Waals surface area contributed by atoms with E-state index in [0.717, 1.165) is 59.8 Å². The summed E-state index contributed by atoms with van der Waals surface area (Å²) >= 11 is 0. The molecule has 0 fully saturated rings. The number of amides is 2. The van der Waals surface area contributed by atoms with Crippen LogP contribution >= 0.6 is 0 Å². The van der Waals surface area contributed by atoms with Crippen LogP contribution in [0.1, 0.15) is 47.9 Å². The van der Waals surface area contributed by atoms with Crippen molar-refractivity contribution in [1.29, 1.82) is 0 Å². The normalized spacial score (nSPS) is 22.6. The van der Waals surface area contributed by atoms with E-state index in [0.29, 0.717) is 5.92 Å². The van der Waals surface area contributed by atoms with E-state index < -0.39 is 35.0 Å². The molecular weight excluding hydrogens is 428 g/mol. The van der Waals surface area contributed by atoms with Crippen molar-refractivity contribution < 1.29 is 22.5 Å². The van der Waals surface area contributed by atoms with Crippen molar-refractivity contribution in [3.05, 3.63) is 34.5 Å². The van der Waals surface area contributed by atoms with Gasteiger partial charge in [-0.25, -0.2) is 27.6 Å². The van der Waals surface area contributed by atoms with Crippen LogP contribution in [0.5, 0.6) is 5.88 Å². The maximum absolute atomic E-state index is 13.5. The minimum Gasteiger partial charge on any atom is -0.470 e. The quantitative estimate of drug-likeness (QED) is 0.729. The van der Waals surface area contributed by atoms with Gasteiger partial charge in [-0.05, 0) is 60.3 Å². The van der Waals surface area contributed by atoms with Crippen LogP contribution in [0.15, 0.2) is 21.5 Å². The molecule has 31 heavy (non-hydrogen) atoms. The van der Waals surface area contributed by atoms with Gasteiger partial charge in [-0.1, -0.05) is 13.0 Å². The van der Waals surface area contributed by atoms with Crippen LogP contribution in [0.3, 0.4) is 0 Å². The number of hydrogen-bond donors (Lipinski definition) is 2. The van der Waals surface area contributed by atoms with Gasteiger partial charge in [-0.3, -0.25) is 0 Å². The molecule has 1 aromatic carbocycles. The molecule has 0 bridgehead atoms. The van der Waals surface area contributed by atoms with E-state index in [4.69, 9.17) is 9.88 Å². The third-order valence-corrected chi connectivity index (χ3v) is 7.54. The number of nitrogens with two attached hydrogens (primary N) is 1. The molecule has 2 atom stereocenters. The van der Waals surface area contributed by atoms with Gasteiger partial charge < -0.3 is 10.1 Å². The Balaban J connectivity index is 1.48. The summed E-state index contributed by atoms with van der Waals surface area (Å²) in [5, 5.41) is 12.5. The molecule has 3 aliphatic rings. The van der Waals surface area contributed by atoms with Crippen LogP contribution in [0.25, 0.3) is 0 Å². The Bertz CT molecular complexity index is 1220. The molecule has 0 radical (unpaired) electrons. The second-order valence-electron chi connectivity index (χ2n) is 8.46. The highest BCUT2D eigenvalue weighted by atomic mass is 32.2. The van der Waals surface area contributed by atoms with E-state index in [1.54, 1.807) is 0 Å². The average Bonchev–Trinajstić information content (AvgIpc) is 3.38. The van der Waals surface area contributed by atoms with Gasteiger partial charge in [0, 0.05) is 5.69 Å². The summed E-state index contributed by atoms with van der Waals surface area (Å²) in [5.41, 5.74) is 5.44. The number of alkyl halides is 2. The van der Waals surface area contributed by atoms with Crippen molar-refractivity contribution in [2.24, 2.45) is 9.50 Å². The lowest BCUT2D eigenvalue weighted by Gasteiger charge is -2.24. The lowest BCUT2D eigenvalue weighted by Crippen LogP contribution is -2.37. The highest BCUT2D eigenvalue weighted by Crippen LogP contribution is 2.44. The molecule has 1 aliphatic heterocycles. The van der Waals surface area contributed by atoms with Crippen LogP contribution in [-0.2, 0) is 35.7 Å². The molecule has 0 saturated carbocycles. The lowest BCUT2D eigenvalue weighted by atomic mass is 9.95. The fourth-order valence-electron chi connectivity index (χ4n) is 4.81. The molecule has 11 heteroatoms. The summed E-state index contributed by atoms with van der Waals surface area (Å²) in [7, 11) is -3.75. The average molecular weight is 451 g/mol. The Morgan fingerprint density at radius 1 is 1.39 bits per heavy atom. The zero-order valence-corrected chi connectivity index (χ0v) is 17.8. The number of fused-ring (bicyclic) bond motifs is 3. The molecule has 3 N–H and O–H groups in total. The fraction of sp³-hybridized carbons (Fsp3) is 0.500. The SMILES string of the molecule is C[C@H]1CCc2cc3c(c(NC(=O)N=S(N)(=O)c4cnn5c4OCC(F)(F)C5)c21)CCC3. The Labute approximate surface area is 178 Å². The van der Waals surface area contributed by atoms with Gasteiger partial charge >= 0.3 is 12.0 Å². The van der Waals surface area contributed by atoms with Crippen molar-refractivity contribution in [2.75, 3.05) is 11.9 Å². The Morgan fingerprint density at radius 3 is 3.00 bits per heavy atom. The van der Waals surface area contributed by atoms with Crippen LogP contribution in [0, 0.1) is 0 Å². The zero-order chi connectivity index (χ0) is 22.0. The van der Waals surface area contributed by atoms with E-state index in [-0.39, 0.29) is 10.8 Å². The number of halogens is 2. The molecule has 1 aromatic heterocycles. The second-order valence-corrected chi connectivity index (χ2v) is 10.2. The van der Waals surface area contributed by atoms with Gasteiger partial charge in [-0.15, -0.1) is 4.36 Å². The smallest absolute Gasteiger partial charge is 0.354 e. The third-order valence-electron chi connectivity index (χ3n) is 6.19. The fourth-order valence-corrected chi connectivity index (χ4v) is 5.81. The number of ether oxygens (including phenoxy) is 1. The van der Waals surface area contributed by atoms with Crippen LogP contribution in [-0.4, -0.2) is 32.5 Å². The van der Waals surface area contributed by atoms with E-state index in [1.807, 2.05) is 0 Å². The highest BCUT2D eigenvalue weighted by molar-refractivity contribution is 7.91. The highest BCUT2D eigenvalue weighted by Gasteiger charge is 2.39. The lowest BCUT2D eigenvalue weighted by molar-refractivity contribution is -0.0805. The predicted molar refractivity (Wildman–Crippen MR) is 110 cm³/mol. The van der Waals surface area contributed by atoms with Crippen molar-refractivity contribution in [3.63, 3.8) is 0 Å². The summed E-state index contributed by atoms with van der Waals surface area (Å²) in [6.07, 6.45) is 5.88. The maximum Gasteiger partial charge on any atom is 0.354 e. The van der Waals surface area contributed by atoms with Crippen LogP contribution in [0.2, 0.25) is 0 Å². The molecule has 5 rings (SSSR count). The maximum atomic E-state index is 13.5. The summed E-state index contributed by atoms with van der Waals surface area (Å²) in [5.74, 6) is -2.94. The van der Waals surface area contributed by atoms with Crippen molar-refractivity contribution in [1.82, 2.24) is 9.78 Å². The topological polar surface area (TPSA) is 112 Å². The minimum absolute atomic E-state index is 0.148. The van der Waals surface area contributed by atoms with Gasteiger partial charge in [0.25, 0.3) is 0 Å². The minimum atomic E-state index is -3.75. The number of aryl methyl sites for hydroxylation is 2. The number of urea groups is 1. The first-order chi connectivity index (χ1) is 14.6. The van der Waals surface area contributed by atoms with Crippen molar-refractivity contribution in [3.8, 4) is 5.88 Å². The van der Waals surface area contributed by atoms with E-state index in [9.17, 15) is 17.8 Å². The van der Waals surface area contributed by atoms with E-state index in [2.05, 4.69) is 27.8 Å². The number of anilines is 1. The first-order valence-corrected chi connectivity index (χ1v) is 11.8. The first-order valence-electron chi connectivity index (χ1n) is 10.2. The van der Waals surface area contributed by atoms with Crippen LogP contribution < -0.4 is 15.2 Å². The molecule has 1 unspecified atom stereocenters. The Hall–Kier alpha value is -2.53. The molecule has 0 spiro atoms. The third kappa shape index (κ3) is 3.49. The molecule has 166 valence electrons. The number of rotatable bonds is 2. The summed E-state index contributed by atoms with van der Waals surface area (Å²) in [6.45, 7) is 0.524. The number of carbonyl (C=O) groups excluding carboxylic acids is 1. The van der Waals surface area contributed by atoms with Gasteiger partial charge in [0.15, 0.2) is 16.5 Å². The monoisotopic (exact) mass is 451 g/mol.